The van der Waals surface area contributed by atoms with Crippen LogP contribution in [0.2, 0.25) is 0 Å². The maximum atomic E-state index is 13.1. The number of pyridine rings is 1. The van der Waals surface area contributed by atoms with Gasteiger partial charge in [-0.1, -0.05) is 32.6 Å². The van der Waals surface area contributed by atoms with Crippen molar-refractivity contribution in [1.29, 1.82) is 0 Å². The van der Waals surface area contributed by atoms with E-state index in [1.165, 1.54) is 32.1 Å². The number of nitrogens with one attached hydrogen (secondary N) is 1. The van der Waals surface area contributed by atoms with Crippen LogP contribution in [-0.4, -0.2) is 59.2 Å². The van der Waals surface area contributed by atoms with E-state index in [0.717, 1.165) is 78.2 Å². The topological polar surface area (TPSA) is 56.4 Å². The molecule has 1 saturated heterocycles. The Bertz CT molecular complexity index is 954. The van der Waals surface area contributed by atoms with Crippen LogP contribution < -0.4 is 5.56 Å². The zero-order chi connectivity index (χ0) is 20.9. The smallest absolute Gasteiger partial charge is 0.253 e. The van der Waals surface area contributed by atoms with Gasteiger partial charge in [0.25, 0.3) is 11.5 Å². The first-order valence-corrected chi connectivity index (χ1v) is 12.6. The summed E-state index contributed by atoms with van der Waals surface area (Å²) in [7, 11) is 0. The minimum Gasteiger partial charge on any atom is -0.336 e. The molecular weight excluding hydrogens is 430 g/mol. The Labute approximate surface area is 195 Å². The highest BCUT2D eigenvalue weighted by Crippen LogP contribution is 2.28. The molecular formula is C24H34ClN3O2S. The Morgan fingerprint density at radius 2 is 1.84 bits per heavy atom. The largest absolute Gasteiger partial charge is 0.336 e. The summed E-state index contributed by atoms with van der Waals surface area (Å²) in [4.78, 5) is 33.0. The SMILES string of the molecule is CCCCCCCN1CCN(C(=O)c2ccc3[nH]c(=O)c4c(c3c2)CCSC4)CC1.Cl. The molecule has 5 nitrogen and oxygen atoms in total. The zero-order valence-electron chi connectivity index (χ0n) is 18.5. The second-order valence-corrected chi connectivity index (χ2v) is 9.63. The van der Waals surface area contributed by atoms with Crippen LogP contribution in [0.25, 0.3) is 10.9 Å². The number of rotatable bonds is 7. The minimum atomic E-state index is 0. The molecule has 0 bridgehead atoms. The number of hydrogen-bond donors (Lipinski definition) is 1. The highest BCUT2D eigenvalue weighted by Gasteiger charge is 2.23. The van der Waals surface area contributed by atoms with Crippen molar-refractivity contribution in [1.82, 2.24) is 14.8 Å². The van der Waals surface area contributed by atoms with Gasteiger partial charge in [-0.05, 0) is 48.9 Å². The fraction of sp³-hybridized carbons (Fsp3) is 0.583. The van der Waals surface area contributed by atoms with Gasteiger partial charge in [-0.3, -0.25) is 14.5 Å². The Morgan fingerprint density at radius 1 is 1.06 bits per heavy atom. The van der Waals surface area contributed by atoms with Crippen molar-refractivity contribution in [3.05, 3.63) is 45.2 Å². The van der Waals surface area contributed by atoms with Crippen LogP contribution in [0, 0.1) is 0 Å². The van der Waals surface area contributed by atoms with Gasteiger partial charge < -0.3 is 9.88 Å². The molecule has 1 amide bonds. The summed E-state index contributed by atoms with van der Waals surface area (Å²) in [6, 6.07) is 5.77. The maximum Gasteiger partial charge on any atom is 0.253 e. The summed E-state index contributed by atoms with van der Waals surface area (Å²) in [6.07, 6.45) is 7.44. The van der Waals surface area contributed by atoms with Crippen LogP contribution in [0.1, 0.15) is 60.5 Å². The van der Waals surface area contributed by atoms with Gasteiger partial charge in [0.15, 0.2) is 0 Å². The average Bonchev–Trinajstić information content (AvgIpc) is 2.79. The lowest BCUT2D eigenvalue weighted by atomic mass is 9.99. The molecule has 0 spiro atoms. The van der Waals surface area contributed by atoms with Crippen LogP contribution in [0.3, 0.4) is 0 Å². The predicted molar refractivity (Wildman–Crippen MR) is 133 cm³/mol. The van der Waals surface area contributed by atoms with Crippen LogP contribution in [0.5, 0.6) is 0 Å². The summed E-state index contributed by atoms with van der Waals surface area (Å²) in [6.45, 7) is 6.93. The number of aromatic amines is 1. The van der Waals surface area contributed by atoms with Crippen molar-refractivity contribution < 1.29 is 4.79 Å². The number of thioether (sulfide) groups is 1. The summed E-state index contributed by atoms with van der Waals surface area (Å²) in [5.74, 6) is 1.91. The summed E-state index contributed by atoms with van der Waals surface area (Å²) < 4.78 is 0. The first-order valence-electron chi connectivity index (χ1n) is 11.4. The second-order valence-electron chi connectivity index (χ2n) is 8.52. The second kappa shape index (κ2) is 11.4. The molecule has 2 aliphatic heterocycles. The van der Waals surface area contributed by atoms with Crippen molar-refractivity contribution in [3.8, 4) is 0 Å². The lowest BCUT2D eigenvalue weighted by Crippen LogP contribution is -2.48. The molecule has 0 radical (unpaired) electrons. The highest BCUT2D eigenvalue weighted by molar-refractivity contribution is 7.98. The van der Waals surface area contributed by atoms with E-state index in [9.17, 15) is 9.59 Å². The fourth-order valence-corrected chi connectivity index (χ4v) is 5.62. The van der Waals surface area contributed by atoms with Gasteiger partial charge in [0.2, 0.25) is 0 Å². The van der Waals surface area contributed by atoms with E-state index >= 15 is 0 Å². The molecule has 170 valence electrons. The summed E-state index contributed by atoms with van der Waals surface area (Å²) in [5, 5.41) is 1.04. The third kappa shape index (κ3) is 5.65. The van der Waals surface area contributed by atoms with Gasteiger partial charge in [0.1, 0.15) is 0 Å². The van der Waals surface area contributed by atoms with E-state index in [1.807, 2.05) is 23.1 Å². The molecule has 0 saturated carbocycles. The number of benzene rings is 1. The maximum absolute atomic E-state index is 13.1. The van der Waals surface area contributed by atoms with Crippen LogP contribution in [-0.2, 0) is 12.2 Å². The molecule has 1 aromatic carbocycles. The number of halogens is 1. The van der Waals surface area contributed by atoms with Crippen molar-refractivity contribution in [2.24, 2.45) is 0 Å². The molecule has 2 aliphatic rings. The molecule has 1 fully saturated rings. The van der Waals surface area contributed by atoms with Crippen LogP contribution in [0.15, 0.2) is 23.0 Å². The number of aryl methyl sites for hydroxylation is 1. The number of hydrogen-bond acceptors (Lipinski definition) is 4. The van der Waals surface area contributed by atoms with Crippen molar-refractivity contribution >= 4 is 41.0 Å². The number of unbranched alkanes of at least 4 members (excludes halogenated alkanes) is 4. The van der Waals surface area contributed by atoms with Crippen molar-refractivity contribution in [2.75, 3.05) is 38.5 Å². The number of fused-ring (bicyclic) bond motifs is 3. The van der Waals surface area contributed by atoms with E-state index in [2.05, 4.69) is 16.8 Å². The Balaban J connectivity index is 0.00000272. The van der Waals surface area contributed by atoms with Crippen molar-refractivity contribution in [3.63, 3.8) is 0 Å². The van der Waals surface area contributed by atoms with E-state index in [4.69, 9.17) is 0 Å². The number of aromatic nitrogens is 1. The normalized spacial score (nSPS) is 16.7. The molecule has 4 rings (SSSR count). The Kier molecular flexibility index (Phi) is 8.87. The molecule has 31 heavy (non-hydrogen) atoms. The molecule has 7 heteroatoms. The molecule has 0 atom stereocenters. The number of carbonyl (C=O) groups is 1. The van der Waals surface area contributed by atoms with Gasteiger partial charge in [-0.25, -0.2) is 0 Å². The molecule has 3 heterocycles. The van der Waals surface area contributed by atoms with Gasteiger partial charge >= 0.3 is 0 Å². The number of amides is 1. The Morgan fingerprint density at radius 3 is 2.61 bits per heavy atom. The summed E-state index contributed by atoms with van der Waals surface area (Å²) in [5.41, 5.74) is 3.62. The predicted octanol–water partition coefficient (Wildman–Crippen LogP) is 4.47. The zero-order valence-corrected chi connectivity index (χ0v) is 20.1. The van der Waals surface area contributed by atoms with E-state index in [0.29, 0.717) is 0 Å². The number of piperazine rings is 1. The number of H-pyrrole nitrogens is 1. The quantitative estimate of drug-likeness (QED) is 0.615. The average molecular weight is 464 g/mol. The van der Waals surface area contributed by atoms with Crippen LogP contribution >= 0.6 is 24.2 Å². The van der Waals surface area contributed by atoms with E-state index < -0.39 is 0 Å². The minimum absolute atomic E-state index is 0. The fourth-order valence-electron chi connectivity index (χ4n) is 4.62. The molecule has 2 aromatic rings. The lowest BCUT2D eigenvalue weighted by molar-refractivity contribution is 0.0635. The van der Waals surface area contributed by atoms with Crippen LogP contribution in [0.4, 0.5) is 0 Å². The lowest BCUT2D eigenvalue weighted by Gasteiger charge is -2.34. The van der Waals surface area contributed by atoms with Gasteiger partial charge in [-0.2, -0.15) is 11.8 Å². The summed E-state index contributed by atoms with van der Waals surface area (Å²) >= 11 is 1.80. The van der Waals surface area contributed by atoms with E-state index in [-0.39, 0.29) is 23.9 Å². The van der Waals surface area contributed by atoms with Gasteiger partial charge in [0, 0.05) is 54.0 Å². The van der Waals surface area contributed by atoms with Crippen molar-refractivity contribution in [2.45, 2.75) is 51.2 Å². The monoisotopic (exact) mass is 463 g/mol. The molecule has 0 aliphatic carbocycles. The number of nitrogens with zero attached hydrogens (tertiary/aromatic N) is 2. The third-order valence-corrected chi connectivity index (χ3v) is 7.44. The third-order valence-electron chi connectivity index (χ3n) is 6.46. The Hall–Kier alpha value is -1.50. The molecule has 1 N–H and O–H groups in total. The standard InChI is InChI=1S/C24H33N3O2S.ClH/c1-2-3-4-5-6-10-26-11-13-27(14-12-26)24(29)18-7-8-22-20(16-18)19-9-15-30-17-21(19)23(28)25-22;/h7-8,16H,2-6,9-15,17H2,1H3,(H,25,28);1H. The highest BCUT2D eigenvalue weighted by atomic mass is 35.5. The first kappa shape index (κ1) is 24.1. The molecule has 0 unspecified atom stereocenters. The molecule has 1 aromatic heterocycles. The van der Waals surface area contributed by atoms with E-state index in [1.54, 1.807) is 11.8 Å². The van der Waals surface area contributed by atoms with Gasteiger partial charge in [-0.15, -0.1) is 12.4 Å². The van der Waals surface area contributed by atoms with Gasteiger partial charge in [0.05, 0.1) is 0 Å². The number of carbonyl (C=O) groups excluding carboxylic acids is 1. The first-order chi connectivity index (χ1) is 14.7.